The minimum Gasteiger partial charge on any atom is -0.496 e. The smallest absolute Gasteiger partial charge is 0.122 e. The molecule has 0 amide bonds. The molecule has 0 spiro atoms. The number of hydrazine groups is 1. The first kappa shape index (κ1) is 15.0. The molecule has 18 heavy (non-hydrogen) atoms. The highest BCUT2D eigenvalue weighted by atomic mass is 16.5. The van der Waals surface area contributed by atoms with Crippen LogP contribution in [0.3, 0.4) is 0 Å². The molecule has 0 aromatic heterocycles. The van der Waals surface area contributed by atoms with Crippen LogP contribution in [0, 0.1) is 5.41 Å². The molecule has 0 aliphatic heterocycles. The number of hydrogen-bond acceptors (Lipinski definition) is 3. The van der Waals surface area contributed by atoms with E-state index in [0.29, 0.717) is 11.5 Å². The van der Waals surface area contributed by atoms with Crippen molar-refractivity contribution < 1.29 is 4.74 Å². The van der Waals surface area contributed by atoms with E-state index in [1.54, 1.807) is 7.11 Å². The lowest BCUT2D eigenvalue weighted by Crippen LogP contribution is -2.37. The maximum atomic E-state index is 5.65. The van der Waals surface area contributed by atoms with Gasteiger partial charge < -0.3 is 4.74 Å². The molecule has 0 aliphatic carbocycles. The van der Waals surface area contributed by atoms with Gasteiger partial charge in [-0.25, -0.2) is 0 Å². The van der Waals surface area contributed by atoms with Crippen molar-refractivity contribution in [3.8, 4) is 5.75 Å². The molecule has 1 rings (SSSR count). The van der Waals surface area contributed by atoms with Gasteiger partial charge in [0, 0.05) is 6.04 Å². The van der Waals surface area contributed by atoms with E-state index in [9.17, 15) is 0 Å². The number of nitrogens with one attached hydrogen (secondary N) is 1. The molecule has 3 N–H and O–H groups in total. The highest BCUT2D eigenvalue weighted by Gasteiger charge is 2.16. The molecule has 0 bridgehead atoms. The zero-order valence-electron chi connectivity index (χ0n) is 12.0. The van der Waals surface area contributed by atoms with E-state index in [1.165, 1.54) is 5.56 Å². The van der Waals surface area contributed by atoms with E-state index in [0.717, 1.165) is 25.0 Å². The minimum atomic E-state index is 0.292. The van der Waals surface area contributed by atoms with Gasteiger partial charge in [0.1, 0.15) is 5.75 Å². The van der Waals surface area contributed by atoms with Crippen LogP contribution in [0.5, 0.6) is 5.75 Å². The number of hydrogen-bond donors (Lipinski definition) is 2. The van der Waals surface area contributed by atoms with E-state index in [-0.39, 0.29) is 0 Å². The number of methoxy groups -OCH3 is 1. The van der Waals surface area contributed by atoms with Gasteiger partial charge in [0.05, 0.1) is 7.11 Å². The summed E-state index contributed by atoms with van der Waals surface area (Å²) in [5.74, 6) is 6.59. The third-order valence-corrected chi connectivity index (χ3v) is 3.14. The molecule has 102 valence electrons. The van der Waals surface area contributed by atoms with Crippen molar-refractivity contribution in [3.63, 3.8) is 0 Å². The summed E-state index contributed by atoms with van der Waals surface area (Å²) in [4.78, 5) is 0. The summed E-state index contributed by atoms with van der Waals surface area (Å²) in [6, 6.07) is 8.41. The Labute approximate surface area is 111 Å². The lowest BCUT2D eigenvalue weighted by Gasteiger charge is -2.23. The first-order valence-corrected chi connectivity index (χ1v) is 6.54. The van der Waals surface area contributed by atoms with Crippen LogP contribution < -0.4 is 16.0 Å². The molecular formula is C15H26N2O. The van der Waals surface area contributed by atoms with Crippen LogP contribution in [-0.4, -0.2) is 13.2 Å². The van der Waals surface area contributed by atoms with Crippen molar-refractivity contribution in [2.75, 3.05) is 7.11 Å². The predicted molar refractivity (Wildman–Crippen MR) is 76.5 cm³/mol. The van der Waals surface area contributed by atoms with Crippen molar-refractivity contribution >= 4 is 0 Å². The summed E-state index contributed by atoms with van der Waals surface area (Å²) in [5.41, 5.74) is 4.47. The molecule has 0 radical (unpaired) electrons. The van der Waals surface area contributed by atoms with Gasteiger partial charge in [-0.15, -0.1) is 0 Å². The third kappa shape index (κ3) is 5.07. The first-order chi connectivity index (χ1) is 8.46. The van der Waals surface area contributed by atoms with Gasteiger partial charge in [-0.2, -0.15) is 0 Å². The van der Waals surface area contributed by atoms with E-state index >= 15 is 0 Å². The van der Waals surface area contributed by atoms with Gasteiger partial charge in [0.15, 0.2) is 0 Å². The van der Waals surface area contributed by atoms with Gasteiger partial charge in [-0.05, 0) is 36.3 Å². The summed E-state index contributed by atoms with van der Waals surface area (Å²) in [6.45, 7) is 6.76. The largest absolute Gasteiger partial charge is 0.496 e. The zero-order valence-corrected chi connectivity index (χ0v) is 12.0. The zero-order chi connectivity index (χ0) is 13.6. The second-order valence-electron chi connectivity index (χ2n) is 5.98. The molecule has 0 saturated carbocycles. The Hall–Kier alpha value is -1.06. The normalized spacial score (nSPS) is 13.4. The lowest BCUT2D eigenvalue weighted by atomic mass is 9.87. The Kier molecular flexibility index (Phi) is 5.63. The third-order valence-electron chi connectivity index (χ3n) is 3.14. The van der Waals surface area contributed by atoms with Crippen LogP contribution >= 0.6 is 0 Å². The van der Waals surface area contributed by atoms with E-state index in [2.05, 4.69) is 32.3 Å². The van der Waals surface area contributed by atoms with Gasteiger partial charge in [-0.1, -0.05) is 39.0 Å². The van der Waals surface area contributed by atoms with Crippen molar-refractivity contribution in [2.45, 2.75) is 46.1 Å². The molecule has 3 nitrogen and oxygen atoms in total. The molecule has 1 aromatic rings. The van der Waals surface area contributed by atoms with Gasteiger partial charge in [0.25, 0.3) is 0 Å². The molecule has 1 unspecified atom stereocenters. The van der Waals surface area contributed by atoms with E-state index in [4.69, 9.17) is 10.6 Å². The highest BCUT2D eigenvalue weighted by Crippen LogP contribution is 2.24. The number of benzene rings is 1. The summed E-state index contributed by atoms with van der Waals surface area (Å²) in [5, 5.41) is 0. The molecule has 3 heteroatoms. The molecule has 0 heterocycles. The van der Waals surface area contributed by atoms with Gasteiger partial charge in [-0.3, -0.25) is 11.3 Å². The maximum absolute atomic E-state index is 5.65. The van der Waals surface area contributed by atoms with Gasteiger partial charge in [0.2, 0.25) is 0 Å². The molecular weight excluding hydrogens is 224 g/mol. The fourth-order valence-corrected chi connectivity index (χ4v) is 1.99. The number of ether oxygens (including phenoxy) is 1. The highest BCUT2D eigenvalue weighted by molar-refractivity contribution is 5.33. The molecule has 1 atom stereocenters. The Morgan fingerprint density at radius 3 is 2.50 bits per heavy atom. The average molecular weight is 250 g/mol. The molecule has 1 aromatic carbocycles. The predicted octanol–water partition coefficient (Wildman–Crippen LogP) is 2.90. The van der Waals surface area contributed by atoms with Crippen LogP contribution in [0.25, 0.3) is 0 Å². The first-order valence-electron chi connectivity index (χ1n) is 6.54. The van der Waals surface area contributed by atoms with E-state index in [1.807, 2.05) is 18.2 Å². The lowest BCUT2D eigenvalue weighted by molar-refractivity contribution is 0.328. The van der Waals surface area contributed by atoms with Crippen molar-refractivity contribution in [3.05, 3.63) is 29.8 Å². The van der Waals surface area contributed by atoms with Crippen molar-refractivity contribution in [1.29, 1.82) is 0 Å². The Balaban J connectivity index is 2.62. The van der Waals surface area contributed by atoms with Crippen molar-refractivity contribution in [1.82, 2.24) is 5.43 Å². The Bertz CT molecular complexity index is 358. The Morgan fingerprint density at radius 2 is 1.94 bits per heavy atom. The second-order valence-corrected chi connectivity index (χ2v) is 5.98. The van der Waals surface area contributed by atoms with Crippen LogP contribution in [0.1, 0.15) is 39.2 Å². The fourth-order valence-electron chi connectivity index (χ4n) is 1.99. The topological polar surface area (TPSA) is 47.3 Å². The summed E-state index contributed by atoms with van der Waals surface area (Å²) in [6.07, 6.45) is 3.12. The Morgan fingerprint density at radius 1 is 1.28 bits per heavy atom. The fraction of sp³-hybridized carbons (Fsp3) is 0.600. The molecule has 0 saturated heterocycles. The standard InChI is InChI=1S/C15H26N2O/c1-15(2,3)10-9-13(17-16)11-12-7-5-6-8-14(12)18-4/h5-8,13,17H,9-11,16H2,1-4H3. The van der Waals surface area contributed by atoms with Crippen molar-refractivity contribution in [2.24, 2.45) is 11.3 Å². The van der Waals surface area contributed by atoms with Gasteiger partial charge >= 0.3 is 0 Å². The van der Waals surface area contributed by atoms with E-state index < -0.39 is 0 Å². The summed E-state index contributed by atoms with van der Waals surface area (Å²) >= 11 is 0. The van der Waals surface area contributed by atoms with Crippen LogP contribution in [0.15, 0.2) is 24.3 Å². The number of nitrogens with two attached hydrogens (primary N) is 1. The maximum Gasteiger partial charge on any atom is 0.122 e. The van der Waals surface area contributed by atoms with Crippen LogP contribution in [-0.2, 0) is 6.42 Å². The van der Waals surface area contributed by atoms with Crippen LogP contribution in [0.4, 0.5) is 0 Å². The van der Waals surface area contributed by atoms with Crippen LogP contribution in [0.2, 0.25) is 0 Å². The quantitative estimate of drug-likeness (QED) is 0.603. The number of rotatable bonds is 6. The molecule has 0 fully saturated rings. The average Bonchev–Trinajstić information content (AvgIpc) is 2.33. The molecule has 0 aliphatic rings. The monoisotopic (exact) mass is 250 g/mol. The summed E-state index contributed by atoms with van der Waals surface area (Å²) in [7, 11) is 1.71. The SMILES string of the molecule is COc1ccccc1CC(CCC(C)(C)C)NN. The number of para-hydroxylation sites is 1. The summed E-state index contributed by atoms with van der Waals surface area (Å²) < 4.78 is 5.37. The minimum absolute atomic E-state index is 0.292. The second kappa shape index (κ2) is 6.76.